The van der Waals surface area contributed by atoms with E-state index in [1.54, 1.807) is 18.2 Å². The second-order valence-electron chi connectivity index (χ2n) is 6.88. The molecular formula is C22H20ClN3O2. The van der Waals surface area contributed by atoms with Gasteiger partial charge in [0.1, 0.15) is 5.69 Å². The summed E-state index contributed by atoms with van der Waals surface area (Å²) in [4.78, 5) is 28.2. The Morgan fingerprint density at radius 1 is 1.04 bits per heavy atom. The molecule has 28 heavy (non-hydrogen) atoms. The molecule has 1 unspecified atom stereocenters. The number of para-hydroxylation sites is 3. The van der Waals surface area contributed by atoms with E-state index in [2.05, 4.69) is 27.8 Å². The van der Waals surface area contributed by atoms with Gasteiger partial charge in [0.15, 0.2) is 0 Å². The van der Waals surface area contributed by atoms with E-state index < -0.39 is 0 Å². The summed E-state index contributed by atoms with van der Waals surface area (Å²) in [7, 11) is 0. The van der Waals surface area contributed by atoms with Gasteiger partial charge in [-0.25, -0.2) is 0 Å². The molecule has 0 spiro atoms. The maximum Gasteiger partial charge on any atom is 0.273 e. The number of benzene rings is 2. The molecule has 0 saturated heterocycles. The Kier molecular flexibility index (Phi) is 5.17. The van der Waals surface area contributed by atoms with E-state index in [1.807, 2.05) is 30.3 Å². The third-order valence-electron chi connectivity index (χ3n) is 4.88. The number of allylic oxidation sites excluding steroid dienone is 2. The van der Waals surface area contributed by atoms with Crippen molar-refractivity contribution in [2.24, 2.45) is 5.92 Å². The van der Waals surface area contributed by atoms with Crippen LogP contribution >= 0.6 is 11.6 Å². The second kappa shape index (κ2) is 7.90. The Labute approximate surface area is 167 Å². The van der Waals surface area contributed by atoms with E-state index in [1.165, 1.54) is 0 Å². The maximum atomic E-state index is 12.8. The van der Waals surface area contributed by atoms with E-state index in [9.17, 15) is 9.59 Å². The summed E-state index contributed by atoms with van der Waals surface area (Å²) in [5.74, 6) is -0.143. The van der Waals surface area contributed by atoms with Gasteiger partial charge in [0, 0.05) is 17.3 Å². The van der Waals surface area contributed by atoms with Crippen LogP contribution in [0.15, 0.2) is 60.7 Å². The predicted molar refractivity (Wildman–Crippen MR) is 113 cm³/mol. The fourth-order valence-electron chi connectivity index (χ4n) is 3.45. The van der Waals surface area contributed by atoms with E-state index in [0.29, 0.717) is 28.5 Å². The Balaban J connectivity index is 1.51. The van der Waals surface area contributed by atoms with E-state index in [0.717, 1.165) is 23.7 Å². The van der Waals surface area contributed by atoms with Crippen LogP contribution in [0.3, 0.4) is 0 Å². The highest BCUT2D eigenvalue weighted by Gasteiger charge is 2.19. The lowest BCUT2D eigenvalue weighted by Gasteiger charge is -2.13. The van der Waals surface area contributed by atoms with Crippen molar-refractivity contribution in [1.82, 2.24) is 4.98 Å². The minimum atomic E-state index is -0.360. The van der Waals surface area contributed by atoms with Crippen molar-refractivity contribution in [3.63, 3.8) is 0 Å². The SMILES string of the molecule is O=C(CC1C=CCC1)Nc1ccccc1NC(=O)c1[nH]c2ccccc2c1Cl. The number of fused-ring (bicyclic) bond motifs is 1. The van der Waals surface area contributed by atoms with Gasteiger partial charge in [-0.1, -0.05) is 54.1 Å². The van der Waals surface area contributed by atoms with Crippen LogP contribution in [0.25, 0.3) is 10.9 Å². The minimum absolute atomic E-state index is 0.0677. The zero-order chi connectivity index (χ0) is 19.5. The van der Waals surface area contributed by atoms with Crippen LogP contribution in [0.4, 0.5) is 11.4 Å². The van der Waals surface area contributed by atoms with Gasteiger partial charge in [0.25, 0.3) is 5.91 Å². The Morgan fingerprint density at radius 2 is 1.75 bits per heavy atom. The van der Waals surface area contributed by atoms with Gasteiger partial charge in [-0.15, -0.1) is 0 Å². The molecule has 0 aliphatic heterocycles. The zero-order valence-corrected chi connectivity index (χ0v) is 15.9. The molecule has 142 valence electrons. The summed E-state index contributed by atoms with van der Waals surface area (Å²) in [6.07, 6.45) is 6.66. The molecule has 1 aliphatic carbocycles. The van der Waals surface area contributed by atoms with Gasteiger partial charge < -0.3 is 15.6 Å². The van der Waals surface area contributed by atoms with Crippen LogP contribution in [0.2, 0.25) is 5.02 Å². The smallest absolute Gasteiger partial charge is 0.273 e. The first-order chi connectivity index (χ1) is 13.6. The molecule has 1 aliphatic rings. The van der Waals surface area contributed by atoms with Gasteiger partial charge in [-0.05, 0) is 37.0 Å². The fourth-order valence-corrected chi connectivity index (χ4v) is 3.75. The molecule has 1 atom stereocenters. The van der Waals surface area contributed by atoms with Crippen LogP contribution in [0, 0.1) is 5.92 Å². The highest BCUT2D eigenvalue weighted by Crippen LogP contribution is 2.29. The van der Waals surface area contributed by atoms with Crippen molar-refractivity contribution in [1.29, 1.82) is 0 Å². The molecule has 4 rings (SSSR count). The van der Waals surface area contributed by atoms with E-state index >= 15 is 0 Å². The molecule has 1 aromatic heterocycles. The van der Waals surface area contributed by atoms with Gasteiger partial charge in [0.05, 0.1) is 16.4 Å². The Bertz CT molecular complexity index is 1070. The molecule has 3 N–H and O–H groups in total. The van der Waals surface area contributed by atoms with Crippen LogP contribution in [-0.2, 0) is 4.79 Å². The highest BCUT2D eigenvalue weighted by molar-refractivity contribution is 6.39. The Morgan fingerprint density at radius 3 is 2.46 bits per heavy atom. The third kappa shape index (κ3) is 3.80. The molecule has 0 fully saturated rings. The summed E-state index contributed by atoms with van der Waals surface area (Å²) >= 11 is 6.37. The molecule has 1 heterocycles. The first kappa shape index (κ1) is 18.3. The van der Waals surface area contributed by atoms with Crippen molar-refractivity contribution < 1.29 is 9.59 Å². The molecule has 0 bridgehead atoms. The minimum Gasteiger partial charge on any atom is -0.349 e. The van der Waals surface area contributed by atoms with Crippen molar-refractivity contribution in [3.05, 3.63) is 71.4 Å². The average Bonchev–Trinajstić information content (AvgIpc) is 3.31. The number of nitrogens with one attached hydrogen (secondary N) is 3. The van der Waals surface area contributed by atoms with Gasteiger partial charge in [-0.2, -0.15) is 0 Å². The van der Waals surface area contributed by atoms with E-state index in [-0.39, 0.29) is 17.7 Å². The van der Waals surface area contributed by atoms with Crippen LogP contribution in [-0.4, -0.2) is 16.8 Å². The van der Waals surface area contributed by atoms with Crippen molar-refractivity contribution in [3.8, 4) is 0 Å². The normalized spacial score (nSPS) is 15.7. The molecular weight excluding hydrogens is 374 g/mol. The fraction of sp³-hybridized carbons (Fsp3) is 0.182. The molecule has 2 amide bonds. The number of H-pyrrole nitrogens is 1. The molecule has 6 heteroatoms. The molecule has 0 radical (unpaired) electrons. The number of hydrogen-bond acceptors (Lipinski definition) is 2. The monoisotopic (exact) mass is 393 g/mol. The molecule has 3 aromatic rings. The summed E-state index contributed by atoms with van der Waals surface area (Å²) in [5.41, 5.74) is 2.18. The topological polar surface area (TPSA) is 74.0 Å². The standard InChI is InChI=1S/C22H20ClN3O2/c23-20-15-9-3-4-10-16(15)25-21(20)22(28)26-18-12-6-5-11-17(18)24-19(27)13-14-7-1-2-8-14/h1,3-7,9-12,14,25H,2,8,13H2,(H,24,27)(H,26,28). The van der Waals surface area contributed by atoms with Crippen LogP contribution in [0.1, 0.15) is 29.8 Å². The lowest BCUT2D eigenvalue weighted by atomic mass is 10.0. The van der Waals surface area contributed by atoms with Crippen LogP contribution < -0.4 is 10.6 Å². The Hall–Kier alpha value is -3.05. The number of halogens is 1. The number of carbonyl (C=O) groups is 2. The number of carbonyl (C=O) groups excluding carboxylic acids is 2. The number of aromatic amines is 1. The van der Waals surface area contributed by atoms with Crippen molar-refractivity contribution in [2.75, 3.05) is 10.6 Å². The molecule has 2 aromatic carbocycles. The quantitative estimate of drug-likeness (QED) is 0.510. The highest BCUT2D eigenvalue weighted by atomic mass is 35.5. The predicted octanol–water partition coefficient (Wildman–Crippen LogP) is 5.37. The van der Waals surface area contributed by atoms with Gasteiger partial charge in [0.2, 0.25) is 5.91 Å². The molecule has 0 saturated carbocycles. The number of amides is 2. The van der Waals surface area contributed by atoms with E-state index in [4.69, 9.17) is 11.6 Å². The first-order valence-corrected chi connectivity index (χ1v) is 9.62. The lowest BCUT2D eigenvalue weighted by Crippen LogP contribution is -2.18. The largest absolute Gasteiger partial charge is 0.349 e. The van der Waals surface area contributed by atoms with Crippen LogP contribution in [0.5, 0.6) is 0 Å². The van der Waals surface area contributed by atoms with Crippen molar-refractivity contribution >= 4 is 45.7 Å². The third-order valence-corrected chi connectivity index (χ3v) is 5.27. The zero-order valence-electron chi connectivity index (χ0n) is 15.2. The van der Waals surface area contributed by atoms with Gasteiger partial charge >= 0.3 is 0 Å². The summed E-state index contributed by atoms with van der Waals surface area (Å²) in [6, 6.07) is 14.6. The number of hydrogen-bond donors (Lipinski definition) is 3. The number of rotatable bonds is 5. The number of aromatic nitrogens is 1. The lowest BCUT2D eigenvalue weighted by molar-refractivity contribution is -0.116. The summed E-state index contributed by atoms with van der Waals surface area (Å²) < 4.78 is 0. The van der Waals surface area contributed by atoms with Gasteiger partial charge in [-0.3, -0.25) is 9.59 Å². The average molecular weight is 394 g/mol. The number of anilines is 2. The van der Waals surface area contributed by atoms with Crippen molar-refractivity contribution in [2.45, 2.75) is 19.3 Å². The first-order valence-electron chi connectivity index (χ1n) is 9.25. The maximum absolute atomic E-state index is 12.8. The molecule has 5 nitrogen and oxygen atoms in total. The summed E-state index contributed by atoms with van der Waals surface area (Å²) in [6.45, 7) is 0. The summed E-state index contributed by atoms with van der Waals surface area (Å²) in [5, 5.41) is 6.92. The second-order valence-corrected chi connectivity index (χ2v) is 7.26.